The fourth-order valence-electron chi connectivity index (χ4n) is 5.17. The van der Waals surface area contributed by atoms with E-state index in [1.807, 2.05) is 0 Å². The van der Waals surface area contributed by atoms with Gasteiger partial charge in [-0.25, -0.2) is 0 Å². The van der Waals surface area contributed by atoms with E-state index in [1.165, 1.54) is 33.4 Å². The van der Waals surface area contributed by atoms with Crippen molar-refractivity contribution in [3.63, 3.8) is 0 Å². The van der Waals surface area contributed by atoms with Crippen LogP contribution < -0.4 is 24.8 Å². The van der Waals surface area contributed by atoms with E-state index in [-0.39, 0.29) is 31.1 Å². The van der Waals surface area contributed by atoms with Gasteiger partial charge in [0.15, 0.2) is 0 Å². The maximum absolute atomic E-state index is 2.55. The second kappa shape index (κ2) is 11.8. The van der Waals surface area contributed by atoms with Gasteiger partial charge < -0.3 is 24.8 Å². The summed E-state index contributed by atoms with van der Waals surface area (Å²) in [6.45, 7) is 0. The predicted octanol–water partition coefficient (Wildman–Crippen LogP) is 2.17. The van der Waals surface area contributed by atoms with Crippen LogP contribution in [0.15, 0.2) is 158 Å². The zero-order chi connectivity index (χ0) is 23.6. The Morgan fingerprint density at radius 1 is 0.405 bits per heavy atom. The molecule has 0 amide bonds. The van der Waals surface area contributed by atoms with Gasteiger partial charge in [0.05, 0.1) is 0 Å². The maximum Gasteiger partial charge on any atom is -1.00 e. The third-order valence-electron chi connectivity index (χ3n) is 6.95. The number of allylic oxidation sites excluding steroid dienone is 8. The molecule has 2 atom stereocenters. The molecule has 2 aliphatic rings. The Labute approximate surface area is 243 Å². The summed E-state index contributed by atoms with van der Waals surface area (Å²) in [6.07, 6.45) is 14.8. The molecule has 2 unspecified atom stereocenters. The normalized spacial score (nSPS) is 21.3. The van der Waals surface area contributed by atoms with Crippen LogP contribution in [-0.4, -0.2) is 0 Å². The molecule has 4 aromatic rings. The third-order valence-corrected chi connectivity index (χ3v) is 11.9. The van der Waals surface area contributed by atoms with E-state index in [2.05, 4.69) is 158 Å². The monoisotopic (exact) mass is 594 g/mol. The molecule has 6 rings (SSSR count). The van der Waals surface area contributed by atoms with E-state index in [0.717, 1.165) is 0 Å². The van der Waals surface area contributed by atoms with Gasteiger partial charge in [-0.3, -0.25) is 0 Å². The van der Waals surface area contributed by atoms with Gasteiger partial charge in [-0.05, 0) is 0 Å². The predicted molar refractivity (Wildman–Crippen MR) is 143 cm³/mol. The Morgan fingerprint density at radius 3 is 1.08 bits per heavy atom. The van der Waals surface area contributed by atoms with E-state index in [0.29, 0.717) is 0 Å². The van der Waals surface area contributed by atoms with E-state index in [1.54, 1.807) is 0 Å². The first-order valence-corrected chi connectivity index (χ1v) is 14.6. The Balaban J connectivity index is 0.00000160. The number of benzene rings is 4. The summed E-state index contributed by atoms with van der Waals surface area (Å²) >= 11 is -1.24. The number of rotatable bonds is 6. The summed E-state index contributed by atoms with van der Waals surface area (Å²) < 4.78 is -0.0861. The Hall–Kier alpha value is -2.70. The second-order valence-electron chi connectivity index (χ2n) is 9.19. The van der Waals surface area contributed by atoms with Crippen molar-refractivity contribution < 1.29 is 48.0 Å². The van der Waals surface area contributed by atoms with Gasteiger partial charge in [0.2, 0.25) is 0 Å². The summed E-state index contributed by atoms with van der Waals surface area (Å²) in [6, 6.07) is 43.8. The molecule has 2 aliphatic carbocycles. The van der Waals surface area contributed by atoms with Crippen LogP contribution in [0.2, 0.25) is 0 Å². The van der Waals surface area contributed by atoms with Gasteiger partial charge in [-0.1, -0.05) is 0 Å². The minimum atomic E-state index is -1.24. The minimum absolute atomic E-state index is 0. The zero-order valence-electron chi connectivity index (χ0n) is 20.3. The van der Waals surface area contributed by atoms with Gasteiger partial charge in [-0.15, -0.1) is 0 Å². The van der Waals surface area contributed by atoms with Crippen molar-refractivity contribution in [1.29, 1.82) is 0 Å². The van der Waals surface area contributed by atoms with Gasteiger partial charge in [-0.2, -0.15) is 0 Å². The van der Waals surface area contributed by atoms with Crippen LogP contribution >= 0.6 is 0 Å². The molecule has 37 heavy (non-hydrogen) atoms. The molecule has 0 heterocycles. The van der Waals surface area contributed by atoms with Crippen molar-refractivity contribution in [2.24, 2.45) is 0 Å². The molecule has 0 saturated heterocycles. The van der Waals surface area contributed by atoms with Crippen molar-refractivity contribution in [3.05, 3.63) is 180 Å². The topological polar surface area (TPSA) is 0 Å². The van der Waals surface area contributed by atoms with E-state index in [9.17, 15) is 0 Å². The van der Waals surface area contributed by atoms with Gasteiger partial charge in [0, 0.05) is 0 Å². The average molecular weight is 597 g/mol. The Morgan fingerprint density at radius 2 is 0.730 bits per heavy atom. The van der Waals surface area contributed by atoms with Crippen molar-refractivity contribution in [2.75, 3.05) is 0 Å². The quantitative estimate of drug-likeness (QED) is 0.320. The van der Waals surface area contributed by atoms with Crippen LogP contribution in [0.4, 0.5) is 0 Å². The van der Waals surface area contributed by atoms with Gasteiger partial charge in [0.25, 0.3) is 0 Å². The molecule has 0 radical (unpaired) electrons. The molecular weight excluding hydrogens is 571 g/mol. The van der Waals surface area contributed by atoms with Crippen LogP contribution in [0.1, 0.15) is 22.3 Å². The Bertz CT molecular complexity index is 1330. The van der Waals surface area contributed by atoms with Crippen molar-refractivity contribution in [2.45, 2.75) is 6.25 Å². The zero-order valence-corrected chi connectivity index (χ0v) is 24.2. The molecule has 0 spiro atoms. The first kappa shape index (κ1) is 27.3. The van der Waals surface area contributed by atoms with Crippen LogP contribution in [0.3, 0.4) is 0 Å². The van der Waals surface area contributed by atoms with Crippen molar-refractivity contribution in [3.8, 4) is 0 Å². The van der Waals surface area contributed by atoms with Crippen molar-refractivity contribution >= 4 is 11.1 Å². The van der Waals surface area contributed by atoms with Crippen LogP contribution in [0.25, 0.3) is 11.1 Å². The smallest absolute Gasteiger partial charge is 1.00 e. The third kappa shape index (κ3) is 5.46. The number of halogens is 2. The summed E-state index contributed by atoms with van der Waals surface area (Å²) in [5.41, 5.74) is 8.04. The minimum Gasteiger partial charge on any atom is -1.00 e. The molecule has 0 saturated carbocycles. The fraction of sp³-hybridized carbons (Fsp3) is 0.0588. The first-order valence-electron chi connectivity index (χ1n) is 12.1. The van der Waals surface area contributed by atoms with Crippen LogP contribution in [-0.2, 0) is 29.5 Å². The Kier molecular flexibility index (Phi) is 8.71. The van der Waals surface area contributed by atoms with Gasteiger partial charge in [0.1, 0.15) is 0 Å². The summed E-state index contributed by atoms with van der Waals surface area (Å²) in [4.78, 5) is 0. The standard InChI is InChI=1S/2C17H13.2ClH.Zr/c2*1-3-7-14(8-4-1)16-11-12-17(13-16)15-9-5-2-6-10-15;;;/h2*1-13H;2*1H;/q;;;;+2/p-2. The fourth-order valence-corrected chi connectivity index (χ4v) is 10.3. The molecule has 0 aromatic heterocycles. The molecule has 0 nitrogen and oxygen atoms in total. The summed E-state index contributed by atoms with van der Waals surface area (Å²) in [5, 5.41) is 0. The molecular formula is C34H26Cl2Zr. The van der Waals surface area contributed by atoms with E-state index >= 15 is 0 Å². The van der Waals surface area contributed by atoms with Crippen LogP contribution in [0.5, 0.6) is 0 Å². The molecule has 4 aromatic carbocycles. The second-order valence-corrected chi connectivity index (χ2v) is 13.9. The van der Waals surface area contributed by atoms with Gasteiger partial charge >= 0.3 is 221 Å². The molecule has 180 valence electrons. The van der Waals surface area contributed by atoms with Crippen LogP contribution in [0, 0.1) is 0 Å². The molecule has 0 fully saturated rings. The maximum atomic E-state index is 2.55. The summed E-state index contributed by atoms with van der Waals surface area (Å²) in [5.74, 6) is 0. The number of hydrogen-bond donors (Lipinski definition) is 0. The first-order chi connectivity index (χ1) is 17.3. The van der Waals surface area contributed by atoms with E-state index in [4.69, 9.17) is 0 Å². The van der Waals surface area contributed by atoms with E-state index < -0.39 is 23.2 Å². The molecule has 3 heteroatoms. The molecule has 0 bridgehead atoms. The molecule has 0 N–H and O–H groups in total. The largest absolute Gasteiger partial charge is 1.00 e. The number of hydrogen-bond acceptors (Lipinski definition) is 0. The summed E-state index contributed by atoms with van der Waals surface area (Å²) in [7, 11) is 0. The average Bonchev–Trinajstić information content (AvgIpc) is 3.57. The van der Waals surface area contributed by atoms with Crippen molar-refractivity contribution in [1.82, 2.24) is 0 Å². The molecule has 0 aliphatic heterocycles. The SMILES string of the molecule is C1=C[C]([Zr+2][C]2(c3ccccc3)C=CC(c3ccccc3)=C2)(c2ccccc2)C=C1c1ccccc1.[Cl-].[Cl-].